The van der Waals surface area contributed by atoms with Gasteiger partial charge >= 0.3 is 0 Å². The van der Waals surface area contributed by atoms with Gasteiger partial charge in [0.25, 0.3) is 0 Å². The highest BCUT2D eigenvalue weighted by molar-refractivity contribution is 7.91. The van der Waals surface area contributed by atoms with Gasteiger partial charge in [-0.2, -0.15) is 0 Å². The van der Waals surface area contributed by atoms with Crippen LogP contribution in [0.5, 0.6) is 0 Å². The molecule has 0 amide bonds. The highest BCUT2D eigenvalue weighted by atomic mass is 32.2. The number of sulfone groups is 1. The van der Waals surface area contributed by atoms with Crippen molar-refractivity contribution in [3.05, 3.63) is 54.1 Å². The average Bonchev–Trinajstić information content (AvgIpc) is 2.87. The Morgan fingerprint density at radius 3 is 2.62 bits per heavy atom. The van der Waals surface area contributed by atoms with Gasteiger partial charge in [0.05, 0.1) is 9.79 Å². The van der Waals surface area contributed by atoms with E-state index in [2.05, 4.69) is 17.6 Å². The summed E-state index contributed by atoms with van der Waals surface area (Å²) in [5, 5.41) is 7.08. The van der Waals surface area contributed by atoms with E-state index in [9.17, 15) is 8.42 Å². The van der Waals surface area contributed by atoms with Gasteiger partial charge in [0, 0.05) is 17.6 Å². The molecule has 2 aliphatic heterocycles. The van der Waals surface area contributed by atoms with Crippen LogP contribution in [0.1, 0.15) is 24.8 Å². The Morgan fingerprint density at radius 2 is 1.83 bits per heavy atom. The zero-order chi connectivity index (χ0) is 16.7. The van der Waals surface area contributed by atoms with Gasteiger partial charge in [0.1, 0.15) is 0 Å². The Bertz CT molecular complexity index is 849. The third-order valence-corrected chi connectivity index (χ3v) is 7.02. The molecule has 0 saturated carbocycles. The smallest absolute Gasteiger partial charge is 0.206 e. The molecule has 2 N–H and O–H groups in total. The van der Waals surface area contributed by atoms with Crippen molar-refractivity contribution in [1.82, 2.24) is 5.32 Å². The molecule has 1 fully saturated rings. The van der Waals surface area contributed by atoms with E-state index < -0.39 is 9.84 Å². The van der Waals surface area contributed by atoms with Crippen molar-refractivity contribution >= 4 is 15.5 Å². The van der Waals surface area contributed by atoms with E-state index in [-0.39, 0.29) is 0 Å². The van der Waals surface area contributed by atoms with E-state index in [1.54, 1.807) is 30.3 Å². The van der Waals surface area contributed by atoms with Gasteiger partial charge in [-0.1, -0.05) is 25.1 Å². The maximum atomic E-state index is 12.9. The summed E-state index contributed by atoms with van der Waals surface area (Å²) in [4.78, 5) is 0.739. The lowest BCUT2D eigenvalue weighted by atomic mass is 9.87. The lowest BCUT2D eigenvalue weighted by Crippen LogP contribution is -2.31. The number of rotatable bonds is 2. The van der Waals surface area contributed by atoms with Crippen LogP contribution in [0.25, 0.3) is 0 Å². The summed E-state index contributed by atoms with van der Waals surface area (Å²) in [7, 11) is -3.46. The Hall–Kier alpha value is -1.85. The van der Waals surface area contributed by atoms with E-state index in [1.165, 1.54) is 0 Å². The van der Waals surface area contributed by atoms with Crippen molar-refractivity contribution in [3.63, 3.8) is 0 Å². The molecule has 24 heavy (non-hydrogen) atoms. The Labute approximate surface area is 143 Å². The minimum absolute atomic E-state index is 0.350. The summed E-state index contributed by atoms with van der Waals surface area (Å²) in [6.07, 6.45) is 1.03. The molecule has 0 aliphatic carbocycles. The molecular formula is C19H22N2O2S. The number of hydrogen-bond donors (Lipinski definition) is 2. The van der Waals surface area contributed by atoms with Crippen LogP contribution in [0.2, 0.25) is 0 Å². The predicted molar refractivity (Wildman–Crippen MR) is 95.1 cm³/mol. The summed E-state index contributed by atoms with van der Waals surface area (Å²) in [6.45, 7) is 4.22. The molecule has 2 aromatic carbocycles. The fraction of sp³-hybridized carbons (Fsp3) is 0.368. The van der Waals surface area contributed by atoms with E-state index >= 15 is 0 Å². The molecule has 2 unspecified atom stereocenters. The maximum absolute atomic E-state index is 12.9. The summed E-state index contributed by atoms with van der Waals surface area (Å²) in [5.41, 5.74) is 2.23. The number of hydrogen-bond acceptors (Lipinski definition) is 4. The SMILES string of the molecule is CC1CNCC[C@@H]2c3cc(S(=O)(=O)c4ccccc4)ccc3NC12. The van der Waals surface area contributed by atoms with Gasteiger partial charge in [0.15, 0.2) is 0 Å². The third kappa shape index (κ3) is 2.52. The largest absolute Gasteiger partial charge is 0.381 e. The van der Waals surface area contributed by atoms with Crippen molar-refractivity contribution in [1.29, 1.82) is 0 Å². The van der Waals surface area contributed by atoms with E-state index in [0.717, 1.165) is 30.8 Å². The lowest BCUT2D eigenvalue weighted by Gasteiger charge is -2.22. The summed E-state index contributed by atoms with van der Waals surface area (Å²) < 4.78 is 25.8. The summed E-state index contributed by atoms with van der Waals surface area (Å²) >= 11 is 0. The molecule has 0 bridgehead atoms. The minimum atomic E-state index is -3.46. The van der Waals surface area contributed by atoms with Gasteiger partial charge in [0.2, 0.25) is 9.84 Å². The number of anilines is 1. The van der Waals surface area contributed by atoms with Crippen LogP contribution in [0.3, 0.4) is 0 Å². The van der Waals surface area contributed by atoms with Crippen molar-refractivity contribution in [2.45, 2.75) is 35.1 Å². The lowest BCUT2D eigenvalue weighted by molar-refractivity contribution is 0.454. The first kappa shape index (κ1) is 15.7. The quantitative estimate of drug-likeness (QED) is 0.881. The van der Waals surface area contributed by atoms with Gasteiger partial charge in [-0.3, -0.25) is 0 Å². The first-order chi connectivity index (χ1) is 11.6. The summed E-state index contributed by atoms with van der Waals surface area (Å²) in [6, 6.07) is 14.6. The Kier molecular flexibility index (Phi) is 3.85. The number of fused-ring (bicyclic) bond motifs is 3. The first-order valence-electron chi connectivity index (χ1n) is 8.49. The predicted octanol–water partition coefficient (Wildman–Crippen LogP) is 3.03. The van der Waals surface area contributed by atoms with Crippen LogP contribution < -0.4 is 10.6 Å². The molecule has 126 valence electrons. The highest BCUT2D eigenvalue weighted by Crippen LogP contribution is 2.43. The van der Waals surface area contributed by atoms with Crippen molar-refractivity contribution < 1.29 is 8.42 Å². The maximum Gasteiger partial charge on any atom is 0.206 e. The Morgan fingerprint density at radius 1 is 1.04 bits per heavy atom. The fourth-order valence-corrected chi connectivity index (χ4v) is 5.26. The molecule has 2 aromatic rings. The standard InChI is InChI=1S/C19H22N2O2S/c1-13-12-20-10-9-16-17-11-15(7-8-18(17)21-19(13)16)24(22,23)14-5-3-2-4-6-14/h2-8,11,13,16,19-21H,9-10,12H2,1H3/t13?,16-,19?/m1/s1. The molecule has 2 heterocycles. The molecule has 0 spiro atoms. The van der Waals surface area contributed by atoms with E-state index in [4.69, 9.17) is 0 Å². The molecule has 0 aromatic heterocycles. The van der Waals surface area contributed by atoms with Crippen LogP contribution in [-0.4, -0.2) is 27.5 Å². The van der Waals surface area contributed by atoms with Crippen molar-refractivity contribution in [2.24, 2.45) is 5.92 Å². The van der Waals surface area contributed by atoms with E-state index in [1.807, 2.05) is 18.2 Å². The van der Waals surface area contributed by atoms with Crippen molar-refractivity contribution in [3.8, 4) is 0 Å². The van der Waals surface area contributed by atoms with Gasteiger partial charge in [-0.25, -0.2) is 8.42 Å². The van der Waals surface area contributed by atoms with Crippen LogP contribution in [0, 0.1) is 5.92 Å². The normalized spacial score (nSPS) is 26.1. The zero-order valence-corrected chi connectivity index (χ0v) is 14.5. The second kappa shape index (κ2) is 5.90. The second-order valence-electron chi connectivity index (χ2n) is 6.81. The highest BCUT2D eigenvalue weighted by Gasteiger charge is 2.37. The zero-order valence-electron chi connectivity index (χ0n) is 13.7. The van der Waals surface area contributed by atoms with Crippen molar-refractivity contribution in [2.75, 3.05) is 18.4 Å². The molecule has 2 aliphatic rings. The van der Waals surface area contributed by atoms with Crippen LogP contribution in [0.4, 0.5) is 5.69 Å². The number of benzene rings is 2. The number of nitrogens with one attached hydrogen (secondary N) is 2. The molecule has 4 rings (SSSR count). The third-order valence-electron chi connectivity index (χ3n) is 5.25. The van der Waals surface area contributed by atoms with Gasteiger partial charge in [-0.15, -0.1) is 0 Å². The molecule has 5 heteroatoms. The fourth-order valence-electron chi connectivity index (χ4n) is 3.94. The molecule has 3 atom stereocenters. The molecule has 1 saturated heterocycles. The Balaban J connectivity index is 1.75. The van der Waals surface area contributed by atoms with Gasteiger partial charge < -0.3 is 10.6 Å². The minimum Gasteiger partial charge on any atom is -0.381 e. The molecular weight excluding hydrogens is 320 g/mol. The summed E-state index contributed by atoms with van der Waals surface area (Å²) in [5.74, 6) is 0.884. The second-order valence-corrected chi connectivity index (χ2v) is 8.76. The average molecular weight is 342 g/mol. The molecule has 0 radical (unpaired) electrons. The van der Waals surface area contributed by atoms with Gasteiger partial charge in [-0.05, 0) is 61.3 Å². The van der Waals surface area contributed by atoms with Crippen LogP contribution in [-0.2, 0) is 9.84 Å². The molecule has 4 nitrogen and oxygen atoms in total. The van der Waals surface area contributed by atoms with Crippen LogP contribution in [0.15, 0.2) is 58.3 Å². The van der Waals surface area contributed by atoms with E-state index in [0.29, 0.717) is 27.7 Å². The monoisotopic (exact) mass is 342 g/mol. The first-order valence-corrected chi connectivity index (χ1v) is 9.97. The van der Waals surface area contributed by atoms with Crippen LogP contribution >= 0.6 is 0 Å². The topological polar surface area (TPSA) is 58.2 Å².